The van der Waals surface area contributed by atoms with Crippen LogP contribution in [0.2, 0.25) is 0 Å². The van der Waals surface area contributed by atoms with E-state index >= 15 is 0 Å². The molecule has 0 spiro atoms. The van der Waals surface area contributed by atoms with Crippen molar-refractivity contribution in [1.29, 1.82) is 0 Å². The number of oxime groups is 1. The van der Waals surface area contributed by atoms with Gasteiger partial charge in [-0.2, -0.15) is 4.98 Å². The molecule has 4 heterocycles. The minimum atomic E-state index is -1.50. The van der Waals surface area contributed by atoms with Crippen LogP contribution in [0.3, 0.4) is 0 Å². The van der Waals surface area contributed by atoms with Crippen LogP contribution in [0.1, 0.15) is 5.01 Å². The van der Waals surface area contributed by atoms with Crippen molar-refractivity contribution in [3.63, 3.8) is 0 Å². The van der Waals surface area contributed by atoms with Crippen LogP contribution in [0.5, 0.6) is 5.88 Å². The van der Waals surface area contributed by atoms with Crippen LogP contribution in [0.15, 0.2) is 16.2 Å². The van der Waals surface area contributed by atoms with Crippen LogP contribution in [0.25, 0.3) is 5.57 Å². The second-order valence-electron chi connectivity index (χ2n) is 6.64. The Balaban J connectivity index is 0.00000306. The van der Waals surface area contributed by atoms with E-state index in [0.29, 0.717) is 15.7 Å². The number of thioether (sulfide) groups is 1. The number of nitrogen functional groups attached to an aromatic ring is 1. The Hall–Kier alpha value is -2.24. The van der Waals surface area contributed by atoms with Crippen molar-refractivity contribution in [2.45, 2.75) is 11.4 Å². The summed E-state index contributed by atoms with van der Waals surface area (Å²) in [6.07, 6.45) is 0.851. The predicted molar refractivity (Wildman–Crippen MR) is 117 cm³/mol. The molecule has 2 aromatic heterocycles. The van der Waals surface area contributed by atoms with Gasteiger partial charge in [0.2, 0.25) is 5.13 Å². The number of β-lactam (4-membered cyclic amide) rings is 1. The quantitative estimate of drug-likeness (QED) is 0.156. The van der Waals surface area contributed by atoms with Crippen LogP contribution in [-0.4, -0.2) is 75.3 Å². The number of nitrogens with two attached hydrogens (primary N) is 1. The number of carbonyl (C=O) groups excluding carboxylic acids is 3. The van der Waals surface area contributed by atoms with Crippen molar-refractivity contribution in [3.05, 3.63) is 16.1 Å². The Morgan fingerprint density at radius 2 is 2.18 bits per heavy atom. The molecule has 17 heteroatoms. The first-order valence-electron chi connectivity index (χ1n) is 8.88. The average molecular weight is 519 g/mol. The van der Waals surface area contributed by atoms with E-state index in [1.54, 1.807) is 19.0 Å². The number of fused-ring (bicyclic) bond motifs is 1. The van der Waals surface area contributed by atoms with Gasteiger partial charge in [-0.3, -0.25) is 14.5 Å². The second kappa shape index (κ2) is 10.4. The van der Waals surface area contributed by atoms with Gasteiger partial charge >= 0.3 is 29.6 Å². The molecule has 4 rings (SSSR count). The van der Waals surface area contributed by atoms with E-state index in [1.807, 2.05) is 0 Å². The van der Waals surface area contributed by atoms with Crippen molar-refractivity contribution >= 4 is 74.3 Å². The van der Waals surface area contributed by atoms with E-state index < -0.39 is 29.2 Å². The number of aromatic nitrogens is 3. The van der Waals surface area contributed by atoms with Crippen LogP contribution >= 0.6 is 34.4 Å². The van der Waals surface area contributed by atoms with Gasteiger partial charge in [0.1, 0.15) is 22.6 Å². The average Bonchev–Trinajstić information content (AvgIpc) is 3.40. The minimum Gasteiger partial charge on any atom is -0.543 e. The smallest absolute Gasteiger partial charge is 0.543 e. The van der Waals surface area contributed by atoms with Gasteiger partial charge in [-0.05, 0) is 0 Å². The van der Waals surface area contributed by atoms with Gasteiger partial charge in [0.15, 0.2) is 5.13 Å². The summed E-state index contributed by atoms with van der Waals surface area (Å²) in [6, 6.07) is -0.920. The SMILES string of the molecule is CN(C)c1nnc(C2=C(C(=O)[O-])N3C(=O)C(NC(=O)/C=N/Oc4csc(N)n4)C3SC2)s1.[Na+]. The van der Waals surface area contributed by atoms with Crippen molar-refractivity contribution in [2.24, 2.45) is 5.16 Å². The molecule has 33 heavy (non-hydrogen) atoms. The molecule has 3 N–H and O–H groups in total. The summed E-state index contributed by atoms with van der Waals surface area (Å²) >= 11 is 3.66. The number of thiazole rings is 1. The maximum atomic E-state index is 12.7. The predicted octanol–water partition coefficient (Wildman–Crippen LogP) is -4.43. The summed E-state index contributed by atoms with van der Waals surface area (Å²) in [5.74, 6) is -2.37. The van der Waals surface area contributed by atoms with E-state index in [0.717, 1.165) is 22.5 Å². The molecule has 2 atom stereocenters. The van der Waals surface area contributed by atoms with E-state index in [-0.39, 0.29) is 52.0 Å². The molecule has 2 unspecified atom stereocenters. The van der Waals surface area contributed by atoms with Crippen LogP contribution in [0.4, 0.5) is 10.3 Å². The van der Waals surface area contributed by atoms with Gasteiger partial charge in [-0.15, -0.1) is 33.3 Å². The fourth-order valence-corrected chi connectivity index (χ4v) is 5.63. The number of nitrogens with zero attached hydrogens (tertiary/aromatic N) is 6. The molecule has 1 fully saturated rings. The molecule has 2 aliphatic rings. The fraction of sp³-hybridized carbons (Fsp3) is 0.312. The minimum absolute atomic E-state index is 0. The Kier molecular flexibility index (Phi) is 7.96. The molecule has 13 nitrogen and oxygen atoms in total. The Labute approximate surface area is 221 Å². The third kappa shape index (κ3) is 5.15. The molecule has 0 bridgehead atoms. The molecular formula is C16H15N8NaO5S3. The van der Waals surface area contributed by atoms with Crippen LogP contribution in [0, 0.1) is 0 Å². The zero-order valence-electron chi connectivity index (χ0n) is 17.5. The number of anilines is 2. The number of carboxylic acid groups (broad SMARTS) is 1. The number of hydrogen-bond acceptors (Lipinski definition) is 14. The number of carbonyl (C=O) groups is 3. The molecule has 0 saturated carbocycles. The van der Waals surface area contributed by atoms with Crippen molar-refractivity contribution < 1.29 is 53.9 Å². The van der Waals surface area contributed by atoms with Gasteiger partial charge in [-0.25, -0.2) is 0 Å². The maximum absolute atomic E-state index is 12.7. The third-order valence-electron chi connectivity index (χ3n) is 4.33. The number of carboxylic acids is 1. The molecule has 168 valence electrons. The molecular weight excluding hydrogens is 503 g/mol. The third-order valence-corrected chi connectivity index (χ3v) is 7.41. The second-order valence-corrected chi connectivity index (χ2v) is 9.60. The molecule has 0 aliphatic carbocycles. The molecule has 1 saturated heterocycles. The standard InChI is InChI=1S/C16H16N8O5S3.Na/c1-23(2)16-22-21-11(32-16)6-4-30-13-9(12(26)24(13)10(6)14(27)28)19-7(25)3-18-29-8-5-31-15(17)20-8;/h3,5,9,13H,4H2,1-2H3,(H2,17,20)(H,19,25)(H,27,28);/q;+1/p-1/b18-3+;. The first kappa shape index (κ1) is 25.4. The summed E-state index contributed by atoms with van der Waals surface area (Å²) < 4.78 is 0. The van der Waals surface area contributed by atoms with Gasteiger partial charge in [0.25, 0.3) is 17.7 Å². The summed E-state index contributed by atoms with van der Waals surface area (Å²) in [4.78, 5) is 48.2. The zero-order valence-corrected chi connectivity index (χ0v) is 22.0. The van der Waals surface area contributed by atoms with E-state index in [2.05, 4.69) is 25.7 Å². The van der Waals surface area contributed by atoms with E-state index in [9.17, 15) is 19.5 Å². The molecule has 2 aliphatic heterocycles. The van der Waals surface area contributed by atoms with Crippen LogP contribution < -0.4 is 55.5 Å². The maximum Gasteiger partial charge on any atom is 1.00 e. The van der Waals surface area contributed by atoms with Crippen molar-refractivity contribution in [1.82, 2.24) is 25.4 Å². The van der Waals surface area contributed by atoms with Gasteiger partial charge in [-0.1, -0.05) is 16.5 Å². The number of aliphatic carboxylic acids is 1. The molecule has 0 radical (unpaired) electrons. The normalized spacial score (nSPS) is 19.6. The fourth-order valence-electron chi connectivity index (χ4n) is 2.92. The Bertz CT molecular complexity index is 1150. The number of hydrogen-bond donors (Lipinski definition) is 2. The first-order valence-corrected chi connectivity index (χ1v) is 11.6. The summed E-state index contributed by atoms with van der Waals surface area (Å²) in [7, 11) is 3.58. The number of amides is 2. The zero-order chi connectivity index (χ0) is 23.0. The summed E-state index contributed by atoms with van der Waals surface area (Å²) in [5.41, 5.74) is 5.56. The van der Waals surface area contributed by atoms with Crippen molar-refractivity contribution in [3.8, 4) is 5.88 Å². The van der Waals surface area contributed by atoms with Gasteiger partial charge in [0.05, 0.1) is 17.0 Å². The molecule has 0 aromatic carbocycles. The van der Waals surface area contributed by atoms with Gasteiger partial charge < -0.3 is 30.7 Å². The van der Waals surface area contributed by atoms with Crippen LogP contribution in [-0.2, 0) is 14.4 Å². The Morgan fingerprint density at radius 1 is 1.42 bits per heavy atom. The topological polar surface area (TPSA) is 179 Å². The largest absolute Gasteiger partial charge is 1.00 e. The van der Waals surface area contributed by atoms with Gasteiger partial charge in [0, 0.05) is 25.4 Å². The monoisotopic (exact) mass is 518 g/mol. The van der Waals surface area contributed by atoms with E-state index in [1.165, 1.54) is 28.5 Å². The Morgan fingerprint density at radius 3 is 2.79 bits per heavy atom. The number of rotatable bonds is 7. The van der Waals surface area contributed by atoms with Crippen molar-refractivity contribution in [2.75, 3.05) is 30.5 Å². The summed E-state index contributed by atoms with van der Waals surface area (Å²) in [6.45, 7) is 0. The molecule has 2 aromatic rings. The molecule has 2 amide bonds. The first-order chi connectivity index (χ1) is 15.3. The summed E-state index contributed by atoms with van der Waals surface area (Å²) in [5, 5.41) is 28.1. The number of nitrogens with one attached hydrogen (secondary N) is 1. The van der Waals surface area contributed by atoms with E-state index in [4.69, 9.17) is 10.6 Å².